The summed E-state index contributed by atoms with van der Waals surface area (Å²) >= 11 is 0. The Morgan fingerprint density at radius 1 is 1.12 bits per heavy atom. The molecule has 26 heavy (non-hydrogen) atoms. The molecule has 0 amide bonds. The number of rotatable bonds is 5. The van der Waals surface area contributed by atoms with Gasteiger partial charge in [0.25, 0.3) is 0 Å². The predicted octanol–water partition coefficient (Wildman–Crippen LogP) is 3.76. The highest BCUT2D eigenvalue weighted by atomic mass is 16.7. The number of oxazole rings is 1. The van der Waals surface area contributed by atoms with Crippen LogP contribution in [-0.4, -0.2) is 16.9 Å². The highest BCUT2D eigenvalue weighted by Crippen LogP contribution is 2.38. The van der Waals surface area contributed by atoms with Crippen LogP contribution in [0, 0.1) is 13.8 Å². The van der Waals surface area contributed by atoms with Gasteiger partial charge in [-0.2, -0.15) is 0 Å². The number of ether oxygens (including phenoxy) is 3. The lowest BCUT2D eigenvalue weighted by Gasteiger charge is -2.12. The van der Waals surface area contributed by atoms with E-state index in [1.165, 1.54) is 0 Å². The molecular weight excluding hydrogens is 334 g/mol. The third kappa shape index (κ3) is 2.99. The van der Waals surface area contributed by atoms with Gasteiger partial charge in [-0.3, -0.25) is 0 Å². The minimum Gasteiger partial charge on any atom is -0.484 e. The minimum atomic E-state index is -0.169. The Bertz CT molecular complexity index is 947. The van der Waals surface area contributed by atoms with Crippen LogP contribution in [0.25, 0.3) is 11.1 Å². The molecule has 6 nitrogen and oxygen atoms in total. The molecule has 0 fully saturated rings. The predicted molar refractivity (Wildman–Crippen MR) is 94.2 cm³/mol. The number of aliphatic hydroxyl groups is 1. The van der Waals surface area contributed by atoms with Gasteiger partial charge in [-0.15, -0.1) is 0 Å². The summed E-state index contributed by atoms with van der Waals surface area (Å²) in [6.45, 7) is 4.09. The van der Waals surface area contributed by atoms with Gasteiger partial charge in [0, 0.05) is 0 Å². The summed E-state index contributed by atoms with van der Waals surface area (Å²) in [7, 11) is 0. The van der Waals surface area contributed by atoms with Crippen molar-refractivity contribution >= 4 is 0 Å². The summed E-state index contributed by atoms with van der Waals surface area (Å²) in [5, 5.41) is 9.20. The van der Waals surface area contributed by atoms with Crippen molar-refractivity contribution in [3.05, 3.63) is 59.3 Å². The molecule has 6 heteroatoms. The summed E-state index contributed by atoms with van der Waals surface area (Å²) in [6, 6.07) is 11.8. The minimum absolute atomic E-state index is 0.169. The number of aromatic nitrogens is 1. The van der Waals surface area contributed by atoms with Gasteiger partial charge in [0.15, 0.2) is 23.9 Å². The van der Waals surface area contributed by atoms with E-state index < -0.39 is 0 Å². The van der Waals surface area contributed by atoms with E-state index in [0.29, 0.717) is 17.3 Å². The van der Waals surface area contributed by atoms with E-state index in [4.69, 9.17) is 18.6 Å². The lowest BCUT2D eigenvalue weighted by atomic mass is 9.99. The van der Waals surface area contributed by atoms with Gasteiger partial charge in [0.2, 0.25) is 12.7 Å². The molecule has 134 valence electrons. The molecule has 2 aromatic carbocycles. The second-order valence-electron chi connectivity index (χ2n) is 6.06. The van der Waals surface area contributed by atoms with Crippen molar-refractivity contribution in [2.75, 3.05) is 6.79 Å². The number of aliphatic hydroxyl groups excluding tert-OH is 1. The molecule has 0 spiro atoms. The van der Waals surface area contributed by atoms with Crippen molar-refractivity contribution in [2.45, 2.75) is 27.1 Å². The molecule has 1 aliphatic heterocycles. The van der Waals surface area contributed by atoms with Crippen molar-refractivity contribution in [1.82, 2.24) is 4.98 Å². The lowest BCUT2D eigenvalue weighted by Crippen LogP contribution is -1.98. The summed E-state index contributed by atoms with van der Waals surface area (Å²) in [5.41, 5.74) is 3.78. The molecule has 0 aliphatic carbocycles. The van der Waals surface area contributed by atoms with Crippen molar-refractivity contribution in [3.63, 3.8) is 0 Å². The zero-order chi connectivity index (χ0) is 18.1. The van der Waals surface area contributed by atoms with E-state index in [0.717, 1.165) is 33.9 Å². The zero-order valence-electron chi connectivity index (χ0n) is 14.6. The molecule has 3 aromatic rings. The van der Waals surface area contributed by atoms with Crippen LogP contribution in [0.4, 0.5) is 0 Å². The largest absolute Gasteiger partial charge is 0.484 e. The molecule has 2 heterocycles. The number of hydrogen-bond donors (Lipinski definition) is 1. The topological polar surface area (TPSA) is 74.0 Å². The summed E-state index contributed by atoms with van der Waals surface area (Å²) in [4.78, 5) is 4.26. The average Bonchev–Trinajstić information content (AvgIpc) is 3.26. The maximum atomic E-state index is 9.20. The molecule has 4 rings (SSSR count). The molecule has 0 saturated carbocycles. The normalized spacial score (nSPS) is 12.4. The second-order valence-corrected chi connectivity index (χ2v) is 6.06. The standard InChI is InChI=1S/C20H19NO5/c1-12-15(14-6-7-17-18(8-14)25-11-24-17)4-3-5-16(12)23-10-20-21-13(2)19(9-22)26-20/h3-8,22H,9-11H2,1-2H3. The Labute approximate surface area is 151 Å². The van der Waals surface area contributed by atoms with Crippen LogP contribution >= 0.6 is 0 Å². The van der Waals surface area contributed by atoms with Crippen LogP contribution < -0.4 is 14.2 Å². The van der Waals surface area contributed by atoms with Crippen molar-refractivity contribution < 1.29 is 23.7 Å². The Morgan fingerprint density at radius 3 is 2.77 bits per heavy atom. The van der Waals surface area contributed by atoms with E-state index in [1.807, 2.05) is 43.3 Å². The highest BCUT2D eigenvalue weighted by Gasteiger charge is 2.16. The Balaban J connectivity index is 1.57. The van der Waals surface area contributed by atoms with Gasteiger partial charge in [0.05, 0.1) is 5.69 Å². The van der Waals surface area contributed by atoms with Crippen LogP contribution in [0.3, 0.4) is 0 Å². The first kappa shape index (κ1) is 16.5. The van der Waals surface area contributed by atoms with Gasteiger partial charge < -0.3 is 23.7 Å². The number of hydrogen-bond acceptors (Lipinski definition) is 6. The highest BCUT2D eigenvalue weighted by molar-refractivity contribution is 5.72. The van der Waals surface area contributed by atoms with Crippen LogP contribution in [0.5, 0.6) is 17.2 Å². The fraction of sp³-hybridized carbons (Fsp3) is 0.250. The first-order chi connectivity index (χ1) is 12.7. The summed E-state index contributed by atoms with van der Waals surface area (Å²) in [6.07, 6.45) is 0. The van der Waals surface area contributed by atoms with E-state index in [2.05, 4.69) is 4.98 Å². The van der Waals surface area contributed by atoms with E-state index in [9.17, 15) is 5.11 Å². The monoisotopic (exact) mass is 353 g/mol. The molecule has 0 atom stereocenters. The molecular formula is C20H19NO5. The zero-order valence-corrected chi connectivity index (χ0v) is 14.6. The van der Waals surface area contributed by atoms with Gasteiger partial charge >= 0.3 is 0 Å². The van der Waals surface area contributed by atoms with Crippen LogP contribution in [0.15, 0.2) is 40.8 Å². The molecule has 1 N–H and O–H groups in total. The molecule has 0 saturated heterocycles. The van der Waals surface area contributed by atoms with E-state index >= 15 is 0 Å². The lowest BCUT2D eigenvalue weighted by molar-refractivity contribution is 0.174. The van der Waals surface area contributed by atoms with E-state index in [-0.39, 0.29) is 20.0 Å². The first-order valence-electron chi connectivity index (χ1n) is 8.34. The molecule has 0 radical (unpaired) electrons. The third-order valence-electron chi connectivity index (χ3n) is 4.40. The van der Waals surface area contributed by atoms with Gasteiger partial charge in [-0.1, -0.05) is 18.2 Å². The SMILES string of the molecule is Cc1nc(COc2cccc(-c3ccc4c(c3)OCO4)c2C)oc1CO. The smallest absolute Gasteiger partial charge is 0.232 e. The van der Waals surface area contributed by atoms with Crippen molar-refractivity contribution in [3.8, 4) is 28.4 Å². The van der Waals surface area contributed by atoms with E-state index in [1.54, 1.807) is 6.92 Å². The van der Waals surface area contributed by atoms with Crippen LogP contribution in [-0.2, 0) is 13.2 Å². The number of fused-ring (bicyclic) bond motifs is 1. The summed E-state index contributed by atoms with van der Waals surface area (Å²) in [5.74, 6) is 3.17. The van der Waals surface area contributed by atoms with Crippen LogP contribution in [0.2, 0.25) is 0 Å². The van der Waals surface area contributed by atoms with Gasteiger partial charge in [-0.05, 0) is 48.7 Å². The average molecular weight is 353 g/mol. The fourth-order valence-corrected chi connectivity index (χ4v) is 2.98. The number of benzene rings is 2. The van der Waals surface area contributed by atoms with Crippen LogP contribution in [0.1, 0.15) is 22.9 Å². The molecule has 1 aromatic heterocycles. The third-order valence-corrected chi connectivity index (χ3v) is 4.40. The second kappa shape index (κ2) is 6.72. The van der Waals surface area contributed by atoms with Gasteiger partial charge in [0.1, 0.15) is 12.4 Å². The molecule has 1 aliphatic rings. The van der Waals surface area contributed by atoms with Crippen molar-refractivity contribution in [2.24, 2.45) is 0 Å². The molecule has 0 unspecified atom stereocenters. The Hall–Kier alpha value is -2.99. The molecule has 0 bridgehead atoms. The maximum Gasteiger partial charge on any atom is 0.232 e. The summed E-state index contributed by atoms with van der Waals surface area (Å²) < 4.78 is 22.2. The first-order valence-corrected chi connectivity index (χ1v) is 8.34. The Morgan fingerprint density at radius 2 is 1.96 bits per heavy atom. The quantitative estimate of drug-likeness (QED) is 0.753. The van der Waals surface area contributed by atoms with Gasteiger partial charge in [-0.25, -0.2) is 4.98 Å². The Kier molecular flexibility index (Phi) is 4.26. The number of nitrogens with zero attached hydrogens (tertiary/aromatic N) is 1. The number of aryl methyl sites for hydroxylation is 1. The maximum absolute atomic E-state index is 9.20. The van der Waals surface area contributed by atoms with Crippen molar-refractivity contribution in [1.29, 1.82) is 0 Å². The fourth-order valence-electron chi connectivity index (χ4n) is 2.98.